The molecule has 0 bridgehead atoms. The van der Waals surface area contributed by atoms with Crippen molar-refractivity contribution in [3.05, 3.63) is 29.8 Å². The number of alkyl carbamates (subject to hydrolysis) is 1. The van der Waals surface area contributed by atoms with Gasteiger partial charge in [-0.25, -0.2) is 4.79 Å². The van der Waals surface area contributed by atoms with Crippen LogP contribution in [0.3, 0.4) is 0 Å². The molecule has 0 spiro atoms. The molecule has 0 aliphatic heterocycles. The van der Waals surface area contributed by atoms with Gasteiger partial charge in [0.05, 0.1) is 5.54 Å². The van der Waals surface area contributed by atoms with Crippen LogP contribution in [0.4, 0.5) is 4.79 Å². The molecule has 5 heteroatoms. The fraction of sp³-hybridized carbons (Fsp3) is 0.467. The van der Waals surface area contributed by atoms with Crippen molar-refractivity contribution in [2.75, 3.05) is 0 Å². The summed E-state index contributed by atoms with van der Waals surface area (Å²) in [7, 11) is 0. The molecule has 1 aromatic rings. The Hall–Kier alpha value is -2.04. The molecule has 1 atom stereocenters. The van der Waals surface area contributed by atoms with Gasteiger partial charge in [0.15, 0.2) is 0 Å². The molecule has 1 amide bonds. The molecule has 110 valence electrons. The minimum Gasteiger partial charge on any atom is -0.508 e. The minimum atomic E-state index is -1.09. The number of hydrogen-bond acceptors (Lipinski definition) is 4. The normalized spacial score (nSPS) is 14.2. The molecule has 2 N–H and O–H groups in total. The molecule has 1 aromatic carbocycles. The van der Waals surface area contributed by atoms with Crippen LogP contribution in [0.15, 0.2) is 24.3 Å². The van der Waals surface area contributed by atoms with Crippen molar-refractivity contribution in [2.45, 2.75) is 45.3 Å². The first-order valence-corrected chi connectivity index (χ1v) is 6.39. The molecule has 20 heavy (non-hydrogen) atoms. The van der Waals surface area contributed by atoms with Crippen molar-refractivity contribution >= 4 is 12.4 Å². The van der Waals surface area contributed by atoms with Crippen LogP contribution < -0.4 is 5.32 Å². The number of aromatic hydroxyl groups is 1. The van der Waals surface area contributed by atoms with E-state index in [2.05, 4.69) is 5.32 Å². The van der Waals surface area contributed by atoms with Crippen LogP contribution in [0.1, 0.15) is 33.3 Å². The third kappa shape index (κ3) is 5.30. The zero-order valence-electron chi connectivity index (χ0n) is 12.3. The van der Waals surface area contributed by atoms with Crippen molar-refractivity contribution in [1.29, 1.82) is 0 Å². The van der Waals surface area contributed by atoms with E-state index in [9.17, 15) is 14.7 Å². The number of phenols is 1. The molecular weight excluding hydrogens is 258 g/mol. The van der Waals surface area contributed by atoms with Gasteiger partial charge in [-0.2, -0.15) is 0 Å². The summed E-state index contributed by atoms with van der Waals surface area (Å²) in [5.74, 6) is 0.119. The Labute approximate surface area is 118 Å². The number of rotatable bonds is 4. The molecule has 0 aliphatic rings. The van der Waals surface area contributed by atoms with Crippen LogP contribution in [0, 0.1) is 0 Å². The molecule has 5 nitrogen and oxygen atoms in total. The van der Waals surface area contributed by atoms with E-state index >= 15 is 0 Å². The van der Waals surface area contributed by atoms with Gasteiger partial charge in [0, 0.05) is 6.42 Å². The van der Waals surface area contributed by atoms with Gasteiger partial charge in [0.2, 0.25) is 0 Å². The lowest BCUT2D eigenvalue weighted by molar-refractivity contribution is -0.112. The highest BCUT2D eigenvalue weighted by atomic mass is 16.6. The Kier molecular flexibility index (Phi) is 4.76. The Morgan fingerprint density at radius 1 is 1.35 bits per heavy atom. The second-order valence-corrected chi connectivity index (χ2v) is 6.01. The van der Waals surface area contributed by atoms with Gasteiger partial charge in [-0.15, -0.1) is 0 Å². The Morgan fingerprint density at radius 2 is 2.00 bits per heavy atom. The van der Waals surface area contributed by atoms with Gasteiger partial charge < -0.3 is 20.0 Å². The average Bonchev–Trinajstić information content (AvgIpc) is 2.25. The smallest absolute Gasteiger partial charge is 0.408 e. The number of hydrogen-bond donors (Lipinski definition) is 2. The molecule has 0 fully saturated rings. The molecule has 0 aliphatic carbocycles. The van der Waals surface area contributed by atoms with E-state index in [1.807, 2.05) is 0 Å². The highest BCUT2D eigenvalue weighted by Crippen LogP contribution is 2.17. The highest BCUT2D eigenvalue weighted by molar-refractivity contribution is 5.76. The van der Waals surface area contributed by atoms with Crippen molar-refractivity contribution in [3.8, 4) is 5.75 Å². The quantitative estimate of drug-likeness (QED) is 0.830. The molecule has 0 radical (unpaired) electrons. The van der Waals surface area contributed by atoms with Crippen LogP contribution in [0.2, 0.25) is 0 Å². The monoisotopic (exact) mass is 279 g/mol. The largest absolute Gasteiger partial charge is 0.508 e. The number of carbonyl (C=O) groups is 2. The summed E-state index contributed by atoms with van der Waals surface area (Å²) in [5, 5.41) is 12.0. The van der Waals surface area contributed by atoms with Crippen LogP contribution >= 0.6 is 0 Å². The molecule has 1 unspecified atom stereocenters. The zero-order chi connectivity index (χ0) is 15.4. The van der Waals surface area contributed by atoms with Crippen LogP contribution in [0.25, 0.3) is 0 Å². The lowest BCUT2D eigenvalue weighted by Gasteiger charge is -2.27. The maximum atomic E-state index is 11.7. The van der Waals surface area contributed by atoms with Crippen molar-refractivity contribution < 1.29 is 19.4 Å². The lowest BCUT2D eigenvalue weighted by atomic mass is 9.94. The molecule has 1 rings (SSSR count). The van der Waals surface area contributed by atoms with Crippen LogP contribution in [-0.2, 0) is 16.0 Å². The van der Waals surface area contributed by atoms with E-state index in [1.54, 1.807) is 52.0 Å². The number of benzene rings is 1. The van der Waals surface area contributed by atoms with E-state index in [-0.39, 0.29) is 12.2 Å². The Morgan fingerprint density at radius 3 is 2.50 bits per heavy atom. The topological polar surface area (TPSA) is 75.6 Å². The summed E-state index contributed by atoms with van der Waals surface area (Å²) in [4.78, 5) is 23.0. The first-order chi connectivity index (χ1) is 9.13. The van der Waals surface area contributed by atoms with E-state index in [0.29, 0.717) is 6.29 Å². The predicted molar refractivity (Wildman–Crippen MR) is 75.6 cm³/mol. The summed E-state index contributed by atoms with van der Waals surface area (Å²) < 4.78 is 5.14. The fourth-order valence-electron chi connectivity index (χ4n) is 1.74. The maximum Gasteiger partial charge on any atom is 0.408 e. The fourth-order valence-corrected chi connectivity index (χ4v) is 1.74. The zero-order valence-corrected chi connectivity index (χ0v) is 12.3. The van der Waals surface area contributed by atoms with E-state index in [0.717, 1.165) is 5.56 Å². The standard InChI is InChI=1S/C15H21NO4/c1-14(2,3)20-13(19)16-15(4,10-17)9-11-6-5-7-12(18)8-11/h5-8,10,18H,9H2,1-4H3,(H,16,19). The maximum absolute atomic E-state index is 11.7. The Balaban J connectivity index is 2.77. The number of nitrogens with one attached hydrogen (secondary N) is 1. The van der Waals surface area contributed by atoms with Crippen LogP contribution in [-0.4, -0.2) is 28.6 Å². The lowest BCUT2D eigenvalue weighted by Crippen LogP contribution is -2.50. The first-order valence-electron chi connectivity index (χ1n) is 6.39. The summed E-state index contributed by atoms with van der Waals surface area (Å²) in [5.41, 5.74) is -0.967. The van der Waals surface area contributed by atoms with Gasteiger partial charge in [0.25, 0.3) is 0 Å². The van der Waals surface area contributed by atoms with Crippen molar-refractivity contribution in [1.82, 2.24) is 5.32 Å². The average molecular weight is 279 g/mol. The summed E-state index contributed by atoms with van der Waals surface area (Å²) in [6, 6.07) is 6.56. The molecule has 0 saturated heterocycles. The first kappa shape index (κ1) is 16.0. The Bertz CT molecular complexity index is 493. The predicted octanol–water partition coefficient (Wildman–Crippen LogP) is 2.42. The third-order valence-corrected chi connectivity index (χ3v) is 2.53. The molecule has 0 heterocycles. The number of aldehydes is 1. The molecule has 0 aromatic heterocycles. The van der Waals surface area contributed by atoms with Gasteiger partial charge in [-0.1, -0.05) is 12.1 Å². The van der Waals surface area contributed by atoms with E-state index in [1.165, 1.54) is 0 Å². The summed E-state index contributed by atoms with van der Waals surface area (Å²) >= 11 is 0. The number of carbonyl (C=O) groups excluding carboxylic acids is 2. The highest BCUT2D eigenvalue weighted by Gasteiger charge is 2.29. The SMILES string of the molecule is CC(C=O)(Cc1cccc(O)c1)NC(=O)OC(C)(C)C. The minimum absolute atomic E-state index is 0.119. The van der Waals surface area contributed by atoms with E-state index < -0.39 is 17.2 Å². The van der Waals surface area contributed by atoms with Gasteiger partial charge >= 0.3 is 6.09 Å². The molecule has 0 saturated carbocycles. The second kappa shape index (κ2) is 5.94. The van der Waals surface area contributed by atoms with Crippen LogP contribution in [0.5, 0.6) is 5.75 Å². The van der Waals surface area contributed by atoms with Crippen molar-refractivity contribution in [3.63, 3.8) is 0 Å². The van der Waals surface area contributed by atoms with Crippen molar-refractivity contribution in [2.24, 2.45) is 0 Å². The molecular formula is C15H21NO4. The number of ether oxygens (including phenoxy) is 1. The number of amides is 1. The summed E-state index contributed by atoms with van der Waals surface area (Å²) in [6.07, 6.45) is 0.290. The third-order valence-electron chi connectivity index (χ3n) is 2.53. The van der Waals surface area contributed by atoms with Gasteiger partial charge in [-0.3, -0.25) is 0 Å². The van der Waals surface area contributed by atoms with Gasteiger partial charge in [-0.05, 0) is 45.4 Å². The number of phenolic OH excluding ortho intramolecular Hbond substituents is 1. The second-order valence-electron chi connectivity index (χ2n) is 6.01. The summed E-state index contributed by atoms with van der Waals surface area (Å²) in [6.45, 7) is 6.86. The van der Waals surface area contributed by atoms with Gasteiger partial charge in [0.1, 0.15) is 17.6 Å². The van der Waals surface area contributed by atoms with E-state index in [4.69, 9.17) is 4.74 Å².